The molecular weight excluding hydrogens is 216 g/mol. The van der Waals surface area contributed by atoms with Crippen LogP contribution in [-0.4, -0.2) is 6.26 Å². The lowest BCUT2D eigenvalue weighted by Crippen LogP contribution is -1.86. The second kappa shape index (κ2) is 5.08. The van der Waals surface area contributed by atoms with Crippen LogP contribution < -0.4 is 4.18 Å². The lowest BCUT2D eigenvalue weighted by Gasteiger charge is -2.09. The molecule has 0 radical (unpaired) electrons. The van der Waals surface area contributed by atoms with Crippen molar-refractivity contribution >= 4 is 12.0 Å². The van der Waals surface area contributed by atoms with Crippen molar-refractivity contribution in [3.63, 3.8) is 0 Å². The second-order valence-corrected chi connectivity index (χ2v) is 4.12. The Morgan fingerprint density at radius 2 is 1.75 bits per heavy atom. The molecule has 2 aromatic carbocycles. The predicted molar refractivity (Wildman–Crippen MR) is 70.8 cm³/mol. The molecule has 0 bridgehead atoms. The zero-order valence-corrected chi connectivity index (χ0v) is 10.3. The number of benzene rings is 2. The average molecular weight is 230 g/mol. The summed E-state index contributed by atoms with van der Waals surface area (Å²) in [6.07, 6.45) is 1.93. The summed E-state index contributed by atoms with van der Waals surface area (Å²) in [6.45, 7) is 2.09. The van der Waals surface area contributed by atoms with E-state index in [1.165, 1.54) is 23.2 Å². The Morgan fingerprint density at radius 3 is 2.44 bits per heavy atom. The molecule has 82 valence electrons. The Kier molecular flexibility index (Phi) is 3.52. The Hall–Kier alpha value is -1.41. The number of rotatable bonds is 3. The average Bonchev–Trinajstić information content (AvgIpc) is 2.33. The third-order valence-corrected chi connectivity index (χ3v) is 2.74. The minimum Gasteiger partial charge on any atom is -0.425 e. The van der Waals surface area contributed by atoms with Crippen LogP contribution in [0.2, 0.25) is 0 Å². The summed E-state index contributed by atoms with van der Waals surface area (Å²) >= 11 is 1.37. The van der Waals surface area contributed by atoms with E-state index in [1.54, 1.807) is 0 Å². The predicted octanol–water partition coefficient (Wildman–Crippen LogP) is 4.32. The highest BCUT2D eigenvalue weighted by Crippen LogP contribution is 2.32. The normalized spacial score (nSPS) is 10.1. The van der Waals surface area contributed by atoms with Crippen LogP contribution in [0.4, 0.5) is 0 Å². The third-order valence-electron chi connectivity index (χ3n) is 2.39. The first kappa shape index (κ1) is 11.1. The molecule has 0 aliphatic carbocycles. The maximum absolute atomic E-state index is 5.56. The van der Waals surface area contributed by atoms with E-state index in [9.17, 15) is 0 Å². The second-order valence-electron chi connectivity index (χ2n) is 3.62. The molecule has 0 fully saturated rings. The summed E-state index contributed by atoms with van der Waals surface area (Å²) in [7, 11) is 0. The summed E-state index contributed by atoms with van der Waals surface area (Å²) in [5.74, 6) is 0.921. The molecule has 2 rings (SSSR count). The first-order chi connectivity index (χ1) is 7.81. The molecule has 0 saturated heterocycles. The number of hydrogen-bond acceptors (Lipinski definition) is 2. The molecular formula is C14H14OS. The first-order valence-electron chi connectivity index (χ1n) is 5.18. The topological polar surface area (TPSA) is 9.23 Å². The van der Waals surface area contributed by atoms with Crippen molar-refractivity contribution in [2.45, 2.75) is 6.92 Å². The molecule has 0 heterocycles. The minimum atomic E-state index is 0.921. The van der Waals surface area contributed by atoms with Gasteiger partial charge in [0.2, 0.25) is 0 Å². The van der Waals surface area contributed by atoms with Crippen LogP contribution in [0.1, 0.15) is 5.56 Å². The summed E-state index contributed by atoms with van der Waals surface area (Å²) in [6, 6.07) is 16.5. The van der Waals surface area contributed by atoms with E-state index in [-0.39, 0.29) is 0 Å². The third kappa shape index (κ3) is 2.39. The highest BCUT2D eigenvalue weighted by molar-refractivity contribution is 7.94. The zero-order chi connectivity index (χ0) is 11.4. The van der Waals surface area contributed by atoms with Gasteiger partial charge in [0.05, 0.1) is 12.0 Å². The van der Waals surface area contributed by atoms with Crippen LogP contribution in [0.5, 0.6) is 5.75 Å². The fraction of sp³-hybridized carbons (Fsp3) is 0.143. The van der Waals surface area contributed by atoms with E-state index in [2.05, 4.69) is 31.2 Å². The molecule has 0 aromatic heterocycles. The van der Waals surface area contributed by atoms with Gasteiger partial charge < -0.3 is 4.18 Å². The summed E-state index contributed by atoms with van der Waals surface area (Å²) in [5.41, 5.74) is 3.58. The van der Waals surface area contributed by atoms with Crippen molar-refractivity contribution in [1.82, 2.24) is 0 Å². The Morgan fingerprint density at radius 1 is 1.00 bits per heavy atom. The van der Waals surface area contributed by atoms with E-state index < -0.39 is 0 Å². The molecule has 0 atom stereocenters. The Labute approximate surface area is 101 Å². The van der Waals surface area contributed by atoms with Gasteiger partial charge in [0.15, 0.2) is 0 Å². The molecule has 2 aromatic rings. The monoisotopic (exact) mass is 230 g/mol. The summed E-state index contributed by atoms with van der Waals surface area (Å²) in [5, 5.41) is 0. The van der Waals surface area contributed by atoms with E-state index in [4.69, 9.17) is 4.18 Å². The smallest absolute Gasteiger partial charge is 0.145 e. The van der Waals surface area contributed by atoms with Crippen molar-refractivity contribution in [3.8, 4) is 16.9 Å². The maximum Gasteiger partial charge on any atom is 0.145 e. The fourth-order valence-electron chi connectivity index (χ4n) is 1.65. The van der Waals surface area contributed by atoms with Gasteiger partial charge in [-0.25, -0.2) is 0 Å². The van der Waals surface area contributed by atoms with Crippen molar-refractivity contribution in [1.29, 1.82) is 0 Å². The zero-order valence-electron chi connectivity index (χ0n) is 9.44. The number of aryl methyl sites for hydroxylation is 1. The molecule has 1 nitrogen and oxygen atoms in total. The van der Waals surface area contributed by atoms with Gasteiger partial charge in [-0.3, -0.25) is 0 Å². The van der Waals surface area contributed by atoms with Crippen LogP contribution in [-0.2, 0) is 0 Å². The van der Waals surface area contributed by atoms with Gasteiger partial charge in [0.1, 0.15) is 5.75 Å². The molecule has 0 N–H and O–H groups in total. The van der Waals surface area contributed by atoms with E-state index in [1.807, 2.05) is 30.5 Å². The van der Waals surface area contributed by atoms with Gasteiger partial charge in [-0.1, -0.05) is 42.0 Å². The van der Waals surface area contributed by atoms with Gasteiger partial charge in [0.25, 0.3) is 0 Å². The van der Waals surface area contributed by atoms with Crippen molar-refractivity contribution in [3.05, 3.63) is 54.1 Å². The highest BCUT2D eigenvalue weighted by atomic mass is 32.2. The van der Waals surface area contributed by atoms with Crippen LogP contribution in [0.25, 0.3) is 11.1 Å². The van der Waals surface area contributed by atoms with Gasteiger partial charge >= 0.3 is 0 Å². The van der Waals surface area contributed by atoms with Crippen LogP contribution in [0.15, 0.2) is 48.5 Å². The summed E-state index contributed by atoms with van der Waals surface area (Å²) < 4.78 is 5.56. The van der Waals surface area contributed by atoms with Crippen molar-refractivity contribution < 1.29 is 4.18 Å². The molecule has 16 heavy (non-hydrogen) atoms. The molecule has 0 saturated carbocycles. The molecule has 0 amide bonds. The lowest BCUT2D eigenvalue weighted by atomic mass is 10.0. The molecule has 0 aliphatic rings. The van der Waals surface area contributed by atoms with Gasteiger partial charge in [0, 0.05) is 11.8 Å². The SMILES string of the molecule is CSOc1ccc(C)cc1-c1ccccc1. The van der Waals surface area contributed by atoms with Gasteiger partial charge in [-0.15, -0.1) is 0 Å². The van der Waals surface area contributed by atoms with E-state index >= 15 is 0 Å². The molecule has 0 spiro atoms. The maximum atomic E-state index is 5.56. The lowest BCUT2D eigenvalue weighted by molar-refractivity contribution is 0.652. The largest absolute Gasteiger partial charge is 0.425 e. The summed E-state index contributed by atoms with van der Waals surface area (Å²) in [4.78, 5) is 0. The van der Waals surface area contributed by atoms with Crippen LogP contribution >= 0.6 is 12.0 Å². The van der Waals surface area contributed by atoms with E-state index in [0.717, 1.165) is 11.3 Å². The quantitative estimate of drug-likeness (QED) is 0.726. The van der Waals surface area contributed by atoms with Crippen LogP contribution in [0, 0.1) is 6.92 Å². The standard InChI is InChI=1S/C14H14OS/c1-11-8-9-14(15-16-2)13(10-11)12-6-4-3-5-7-12/h3-10H,1-2H3. The molecule has 0 unspecified atom stereocenters. The Bertz CT molecular complexity index is 465. The van der Waals surface area contributed by atoms with Crippen molar-refractivity contribution in [2.75, 3.05) is 6.26 Å². The number of hydrogen-bond donors (Lipinski definition) is 0. The highest BCUT2D eigenvalue weighted by Gasteiger charge is 2.06. The fourth-order valence-corrected chi connectivity index (χ4v) is 1.97. The Balaban J connectivity index is 2.49. The molecule has 2 heteroatoms. The molecule has 0 aliphatic heterocycles. The first-order valence-corrected chi connectivity index (χ1v) is 6.33. The minimum absolute atomic E-state index is 0.921. The van der Waals surface area contributed by atoms with Crippen LogP contribution in [0.3, 0.4) is 0 Å². The van der Waals surface area contributed by atoms with Gasteiger partial charge in [-0.05, 0) is 24.6 Å². The van der Waals surface area contributed by atoms with Gasteiger partial charge in [-0.2, -0.15) is 0 Å². The van der Waals surface area contributed by atoms with E-state index in [0.29, 0.717) is 0 Å². The van der Waals surface area contributed by atoms with Crippen molar-refractivity contribution in [2.24, 2.45) is 0 Å².